The minimum absolute atomic E-state index is 0.125. The molecule has 2 heterocycles. The lowest BCUT2D eigenvalue weighted by Crippen LogP contribution is -2.27. The van der Waals surface area contributed by atoms with Gasteiger partial charge >= 0.3 is 5.51 Å². The molecule has 2 aromatic rings. The largest absolute Gasteiger partial charge is 0.464 e. The molecule has 1 unspecified atom stereocenters. The monoisotopic (exact) mass is 330 g/mol. The number of rotatable bonds is 4. The number of pyridine rings is 1. The molecule has 0 radical (unpaired) electrons. The fraction of sp³-hybridized carbons (Fsp3) is 0.286. The average Bonchev–Trinajstić information content (AvgIpc) is 2.84. The molecule has 1 amide bonds. The molecule has 8 heteroatoms. The molecule has 118 valence electrons. The van der Waals surface area contributed by atoms with Gasteiger partial charge in [-0.25, -0.2) is 4.98 Å². The smallest absolute Gasteiger partial charge is 0.447 e. The summed E-state index contributed by atoms with van der Waals surface area (Å²) in [7, 11) is 0. The Kier molecular flexibility index (Phi) is 4.80. The molecule has 0 bridgehead atoms. The van der Waals surface area contributed by atoms with E-state index in [0.29, 0.717) is 11.5 Å². The van der Waals surface area contributed by atoms with E-state index < -0.39 is 29.2 Å². The van der Waals surface area contributed by atoms with Crippen molar-refractivity contribution in [2.45, 2.75) is 30.4 Å². The minimum Gasteiger partial charge on any atom is -0.464 e. The molecule has 2 aromatic heterocycles. The highest BCUT2D eigenvalue weighted by molar-refractivity contribution is 8.00. The van der Waals surface area contributed by atoms with Gasteiger partial charge in [-0.15, -0.1) is 0 Å². The second kappa shape index (κ2) is 6.43. The Morgan fingerprint density at radius 3 is 2.68 bits per heavy atom. The summed E-state index contributed by atoms with van der Waals surface area (Å²) < 4.78 is 42.9. The van der Waals surface area contributed by atoms with Crippen LogP contribution in [0.5, 0.6) is 0 Å². The highest BCUT2D eigenvalue weighted by Crippen LogP contribution is 2.37. The van der Waals surface area contributed by atoms with Crippen LogP contribution in [0, 0.1) is 6.92 Å². The topological polar surface area (TPSA) is 55.1 Å². The molecule has 0 aromatic carbocycles. The van der Waals surface area contributed by atoms with Gasteiger partial charge in [-0.1, -0.05) is 0 Å². The molecule has 0 aliphatic heterocycles. The summed E-state index contributed by atoms with van der Waals surface area (Å²) in [5.74, 6) is 0.576. The minimum atomic E-state index is -4.51. The molecule has 1 N–H and O–H groups in total. The normalized spacial score (nSPS) is 13.0. The maximum Gasteiger partial charge on any atom is 0.447 e. The number of thioether (sulfide) groups is 1. The van der Waals surface area contributed by atoms with Gasteiger partial charge in [0.1, 0.15) is 16.5 Å². The SMILES string of the molecule is Cc1ccc(C(C)NC(=O)c2cccnc2SC(F)(F)F)o1. The number of halogens is 3. The first-order valence-corrected chi connectivity index (χ1v) is 7.16. The summed E-state index contributed by atoms with van der Waals surface area (Å²) in [5.41, 5.74) is -4.63. The van der Waals surface area contributed by atoms with Gasteiger partial charge in [-0.2, -0.15) is 13.2 Å². The predicted molar refractivity (Wildman–Crippen MR) is 75.5 cm³/mol. The Labute approximate surface area is 129 Å². The zero-order valence-corrected chi connectivity index (χ0v) is 12.6. The summed E-state index contributed by atoms with van der Waals surface area (Å²) >= 11 is -0.413. The maximum absolute atomic E-state index is 12.5. The van der Waals surface area contributed by atoms with Crippen LogP contribution in [0.4, 0.5) is 13.2 Å². The van der Waals surface area contributed by atoms with Gasteiger partial charge < -0.3 is 9.73 Å². The number of nitrogens with zero attached hydrogens (tertiary/aromatic N) is 1. The molecule has 0 saturated heterocycles. The standard InChI is InChI=1S/C14H13F3N2O2S/c1-8-5-6-11(21-8)9(2)19-12(20)10-4-3-7-18-13(10)22-14(15,16)17/h3-7,9H,1-2H3,(H,19,20). The molecule has 2 rings (SSSR count). The first-order chi connectivity index (χ1) is 10.3. The van der Waals surface area contributed by atoms with Crippen molar-refractivity contribution in [3.8, 4) is 0 Å². The van der Waals surface area contributed by atoms with Crippen molar-refractivity contribution in [2.24, 2.45) is 0 Å². The number of alkyl halides is 3. The van der Waals surface area contributed by atoms with Crippen molar-refractivity contribution in [1.29, 1.82) is 0 Å². The van der Waals surface area contributed by atoms with Crippen LogP contribution in [0.2, 0.25) is 0 Å². The molecule has 1 atom stereocenters. The number of hydrogen-bond acceptors (Lipinski definition) is 4. The first-order valence-electron chi connectivity index (χ1n) is 6.34. The van der Waals surface area contributed by atoms with E-state index in [1.54, 1.807) is 26.0 Å². The molecule has 0 fully saturated rings. The zero-order chi connectivity index (χ0) is 16.3. The average molecular weight is 330 g/mol. The van der Waals surface area contributed by atoms with Crippen molar-refractivity contribution >= 4 is 17.7 Å². The van der Waals surface area contributed by atoms with Crippen LogP contribution in [0.1, 0.15) is 34.8 Å². The second-order valence-corrected chi connectivity index (χ2v) is 5.60. The number of carbonyl (C=O) groups excluding carboxylic acids is 1. The predicted octanol–water partition coefficient (Wildman–Crippen LogP) is 4.09. The van der Waals surface area contributed by atoms with E-state index in [0.717, 1.165) is 0 Å². The van der Waals surface area contributed by atoms with Crippen LogP contribution in [0.15, 0.2) is 39.9 Å². The van der Waals surface area contributed by atoms with Gasteiger partial charge in [-0.05, 0) is 38.1 Å². The molecule has 4 nitrogen and oxygen atoms in total. The number of hydrogen-bond donors (Lipinski definition) is 1. The van der Waals surface area contributed by atoms with E-state index in [2.05, 4.69) is 10.3 Å². The van der Waals surface area contributed by atoms with Gasteiger partial charge in [0.05, 0.1) is 11.6 Å². The maximum atomic E-state index is 12.5. The number of amides is 1. The van der Waals surface area contributed by atoms with Gasteiger partial charge in [-0.3, -0.25) is 4.79 Å². The number of aromatic nitrogens is 1. The third-order valence-corrected chi connectivity index (χ3v) is 3.51. The van der Waals surface area contributed by atoms with E-state index in [1.807, 2.05) is 0 Å². The van der Waals surface area contributed by atoms with Crippen LogP contribution < -0.4 is 5.32 Å². The fourth-order valence-electron chi connectivity index (χ4n) is 1.79. The Bertz CT molecular complexity index is 670. The molecule has 0 aliphatic carbocycles. The summed E-state index contributed by atoms with van der Waals surface area (Å²) in [4.78, 5) is 15.8. The zero-order valence-electron chi connectivity index (χ0n) is 11.8. The van der Waals surface area contributed by atoms with Crippen molar-refractivity contribution in [1.82, 2.24) is 10.3 Å². The molecule has 0 aliphatic rings. The van der Waals surface area contributed by atoms with Crippen LogP contribution in [0.25, 0.3) is 0 Å². The van der Waals surface area contributed by atoms with E-state index in [1.165, 1.54) is 18.3 Å². The Morgan fingerprint density at radius 1 is 1.36 bits per heavy atom. The number of furan rings is 1. The Balaban J connectivity index is 2.16. The van der Waals surface area contributed by atoms with E-state index in [9.17, 15) is 18.0 Å². The Morgan fingerprint density at radius 2 is 2.09 bits per heavy atom. The third kappa shape index (κ3) is 4.27. The molecule has 0 spiro atoms. The van der Waals surface area contributed by atoms with Crippen LogP contribution in [-0.4, -0.2) is 16.4 Å². The highest BCUT2D eigenvalue weighted by Gasteiger charge is 2.32. The van der Waals surface area contributed by atoms with Gasteiger partial charge in [0.15, 0.2) is 0 Å². The first kappa shape index (κ1) is 16.4. The lowest BCUT2D eigenvalue weighted by Gasteiger charge is -2.13. The van der Waals surface area contributed by atoms with E-state index in [-0.39, 0.29) is 10.6 Å². The number of aryl methyl sites for hydroxylation is 1. The number of carbonyl (C=O) groups is 1. The highest BCUT2D eigenvalue weighted by atomic mass is 32.2. The van der Waals surface area contributed by atoms with Crippen molar-refractivity contribution in [3.05, 3.63) is 47.5 Å². The lowest BCUT2D eigenvalue weighted by molar-refractivity contribution is -0.0329. The summed E-state index contributed by atoms with van der Waals surface area (Å²) in [6.45, 7) is 3.44. The Hall–Kier alpha value is -1.96. The van der Waals surface area contributed by atoms with Crippen molar-refractivity contribution in [3.63, 3.8) is 0 Å². The van der Waals surface area contributed by atoms with Crippen LogP contribution >= 0.6 is 11.8 Å². The van der Waals surface area contributed by atoms with Crippen molar-refractivity contribution in [2.75, 3.05) is 0 Å². The summed E-state index contributed by atoms with van der Waals surface area (Å²) in [6.07, 6.45) is 1.21. The lowest BCUT2D eigenvalue weighted by atomic mass is 10.2. The number of nitrogens with one attached hydrogen (secondary N) is 1. The van der Waals surface area contributed by atoms with Crippen LogP contribution in [0.3, 0.4) is 0 Å². The van der Waals surface area contributed by atoms with Crippen LogP contribution in [-0.2, 0) is 0 Å². The molecule has 22 heavy (non-hydrogen) atoms. The molecular formula is C14H13F3N2O2S. The summed E-state index contributed by atoms with van der Waals surface area (Å²) in [5, 5.41) is 2.22. The van der Waals surface area contributed by atoms with Gasteiger partial charge in [0.25, 0.3) is 5.91 Å². The quantitative estimate of drug-likeness (QED) is 0.858. The molecule has 0 saturated carbocycles. The molecular weight excluding hydrogens is 317 g/mol. The third-order valence-electron chi connectivity index (χ3n) is 2.76. The van der Waals surface area contributed by atoms with E-state index in [4.69, 9.17) is 4.42 Å². The van der Waals surface area contributed by atoms with Crippen molar-refractivity contribution < 1.29 is 22.4 Å². The van der Waals surface area contributed by atoms with E-state index >= 15 is 0 Å². The van der Waals surface area contributed by atoms with Gasteiger partial charge in [0, 0.05) is 18.0 Å². The fourth-order valence-corrected chi connectivity index (χ4v) is 2.39. The summed E-state index contributed by atoms with van der Waals surface area (Å²) in [6, 6.07) is 5.69. The second-order valence-electron chi connectivity index (χ2n) is 4.55. The van der Waals surface area contributed by atoms with Gasteiger partial charge in [0.2, 0.25) is 0 Å².